The third-order valence-corrected chi connectivity index (χ3v) is 3.29. The highest BCUT2D eigenvalue weighted by molar-refractivity contribution is 9.10. The van der Waals surface area contributed by atoms with E-state index in [-0.39, 0.29) is 6.54 Å². The van der Waals surface area contributed by atoms with E-state index in [1.807, 2.05) is 13.0 Å². The highest BCUT2D eigenvalue weighted by Crippen LogP contribution is 2.41. The Morgan fingerprint density at radius 2 is 2.00 bits per heavy atom. The smallest absolute Gasteiger partial charge is 0.240 e. The molecule has 102 valence electrons. The van der Waals surface area contributed by atoms with E-state index in [1.54, 1.807) is 14.2 Å². The third kappa shape index (κ3) is 2.43. The normalized spacial score (nSPS) is 10.6. The minimum Gasteiger partial charge on any atom is -0.496 e. The SMILES string of the molecule is COc1c(Br)cc(-c2noc(CN)n2)c(OC)c1C. The van der Waals surface area contributed by atoms with Gasteiger partial charge in [-0.3, -0.25) is 0 Å². The van der Waals surface area contributed by atoms with Gasteiger partial charge >= 0.3 is 0 Å². The summed E-state index contributed by atoms with van der Waals surface area (Å²) in [6, 6.07) is 1.83. The fraction of sp³-hybridized carbons (Fsp3) is 0.333. The predicted octanol–water partition coefficient (Wildman–Crippen LogP) is 2.28. The molecule has 6 nitrogen and oxygen atoms in total. The number of nitrogens with zero attached hydrogens (tertiary/aromatic N) is 2. The molecule has 0 aliphatic rings. The number of hydrogen-bond donors (Lipinski definition) is 1. The van der Waals surface area contributed by atoms with Crippen LogP contribution in [-0.4, -0.2) is 24.4 Å². The van der Waals surface area contributed by atoms with Gasteiger partial charge in [-0.1, -0.05) is 5.16 Å². The summed E-state index contributed by atoms with van der Waals surface area (Å²) >= 11 is 3.45. The van der Waals surface area contributed by atoms with E-state index in [9.17, 15) is 0 Å². The van der Waals surface area contributed by atoms with Gasteiger partial charge in [0.2, 0.25) is 11.7 Å². The van der Waals surface area contributed by atoms with Gasteiger partial charge in [0.15, 0.2) is 0 Å². The Morgan fingerprint density at radius 1 is 1.32 bits per heavy atom. The van der Waals surface area contributed by atoms with Crippen molar-refractivity contribution in [3.63, 3.8) is 0 Å². The predicted molar refractivity (Wildman–Crippen MR) is 73.2 cm³/mol. The summed E-state index contributed by atoms with van der Waals surface area (Å²) in [5.41, 5.74) is 7.03. The monoisotopic (exact) mass is 327 g/mol. The molecule has 0 aliphatic carbocycles. The van der Waals surface area contributed by atoms with E-state index in [1.165, 1.54) is 0 Å². The van der Waals surface area contributed by atoms with Crippen LogP contribution in [0.3, 0.4) is 0 Å². The number of aromatic nitrogens is 2. The fourth-order valence-corrected chi connectivity index (χ4v) is 2.56. The van der Waals surface area contributed by atoms with E-state index in [4.69, 9.17) is 19.7 Å². The van der Waals surface area contributed by atoms with Crippen LogP contribution in [0.25, 0.3) is 11.4 Å². The van der Waals surface area contributed by atoms with Crippen molar-refractivity contribution in [1.82, 2.24) is 10.1 Å². The zero-order chi connectivity index (χ0) is 14.0. The van der Waals surface area contributed by atoms with E-state index in [0.717, 1.165) is 15.6 Å². The molecule has 0 unspecified atom stereocenters. The quantitative estimate of drug-likeness (QED) is 0.927. The topological polar surface area (TPSA) is 83.4 Å². The summed E-state index contributed by atoms with van der Waals surface area (Å²) in [5, 5.41) is 3.90. The molecule has 2 N–H and O–H groups in total. The highest BCUT2D eigenvalue weighted by atomic mass is 79.9. The summed E-state index contributed by atoms with van der Waals surface area (Å²) in [5.74, 6) is 2.16. The maximum atomic E-state index is 5.46. The van der Waals surface area contributed by atoms with Crippen LogP contribution in [-0.2, 0) is 6.54 Å². The summed E-state index contributed by atoms with van der Waals surface area (Å²) in [6.45, 7) is 2.10. The molecule has 19 heavy (non-hydrogen) atoms. The maximum Gasteiger partial charge on any atom is 0.240 e. The molecule has 2 rings (SSSR count). The highest BCUT2D eigenvalue weighted by Gasteiger charge is 2.20. The first kappa shape index (κ1) is 13.8. The van der Waals surface area contributed by atoms with Gasteiger partial charge in [-0.15, -0.1) is 0 Å². The molecule has 0 amide bonds. The van der Waals surface area contributed by atoms with Crippen molar-refractivity contribution < 1.29 is 14.0 Å². The summed E-state index contributed by atoms with van der Waals surface area (Å²) < 4.78 is 16.6. The summed E-state index contributed by atoms with van der Waals surface area (Å²) in [7, 11) is 3.19. The van der Waals surface area contributed by atoms with Crippen LogP contribution < -0.4 is 15.2 Å². The average molecular weight is 328 g/mol. The molecule has 0 saturated heterocycles. The second-order valence-corrected chi connectivity index (χ2v) is 4.67. The number of hydrogen-bond acceptors (Lipinski definition) is 6. The van der Waals surface area contributed by atoms with Crippen molar-refractivity contribution in [2.24, 2.45) is 5.73 Å². The molecule has 0 radical (unpaired) electrons. The molecule has 0 saturated carbocycles. The molecule has 7 heteroatoms. The number of ether oxygens (including phenoxy) is 2. The standard InChI is InChI=1S/C12H14BrN3O3/c1-6-10(17-2)7(4-8(13)11(6)18-3)12-15-9(5-14)19-16-12/h4H,5,14H2,1-3H3. The van der Waals surface area contributed by atoms with Gasteiger partial charge in [-0.25, -0.2) is 0 Å². The van der Waals surface area contributed by atoms with Crippen LogP contribution in [0.5, 0.6) is 11.5 Å². The summed E-state index contributed by atoms with van der Waals surface area (Å²) in [4.78, 5) is 4.20. The first-order valence-corrected chi connectivity index (χ1v) is 6.35. The molecule has 0 atom stereocenters. The molecule has 1 aromatic heterocycles. The van der Waals surface area contributed by atoms with Gasteiger partial charge in [-0.2, -0.15) is 4.98 Å². The van der Waals surface area contributed by atoms with Gasteiger partial charge in [-0.05, 0) is 28.9 Å². The Kier molecular flexibility index (Phi) is 4.06. The number of halogens is 1. The zero-order valence-corrected chi connectivity index (χ0v) is 12.4. The second-order valence-electron chi connectivity index (χ2n) is 3.81. The Balaban J connectivity index is 2.62. The van der Waals surface area contributed by atoms with E-state index in [2.05, 4.69) is 26.1 Å². The first-order chi connectivity index (χ1) is 9.12. The van der Waals surface area contributed by atoms with E-state index >= 15 is 0 Å². The third-order valence-electron chi connectivity index (χ3n) is 2.71. The molecule has 2 aromatic rings. The molecule has 0 fully saturated rings. The molecule has 1 heterocycles. The van der Waals surface area contributed by atoms with Crippen LogP contribution in [0.1, 0.15) is 11.5 Å². The van der Waals surface area contributed by atoms with Gasteiger partial charge in [0.25, 0.3) is 0 Å². The number of nitrogens with two attached hydrogens (primary N) is 1. The fourth-order valence-electron chi connectivity index (χ4n) is 1.87. The van der Waals surface area contributed by atoms with Crippen molar-refractivity contribution in [2.75, 3.05) is 14.2 Å². The van der Waals surface area contributed by atoms with Gasteiger partial charge in [0.05, 0.1) is 30.8 Å². The van der Waals surface area contributed by atoms with Crippen LogP contribution in [0, 0.1) is 6.92 Å². The van der Waals surface area contributed by atoms with Crippen molar-refractivity contribution in [3.8, 4) is 22.9 Å². The van der Waals surface area contributed by atoms with Gasteiger partial charge in [0.1, 0.15) is 11.5 Å². The minimum absolute atomic E-state index is 0.200. The van der Waals surface area contributed by atoms with Gasteiger partial charge in [0, 0.05) is 5.56 Å². The van der Waals surface area contributed by atoms with Crippen LogP contribution in [0.15, 0.2) is 15.1 Å². The Bertz CT molecular complexity index is 598. The lowest BCUT2D eigenvalue weighted by molar-refractivity contribution is 0.378. The second kappa shape index (κ2) is 5.58. The number of benzene rings is 1. The lowest BCUT2D eigenvalue weighted by atomic mass is 10.1. The van der Waals surface area contributed by atoms with Gasteiger partial charge < -0.3 is 19.7 Å². The Labute approximate surface area is 119 Å². The molecule has 1 aromatic carbocycles. The van der Waals surface area contributed by atoms with Crippen molar-refractivity contribution in [2.45, 2.75) is 13.5 Å². The first-order valence-electron chi connectivity index (χ1n) is 5.56. The Morgan fingerprint density at radius 3 is 2.53 bits per heavy atom. The van der Waals surface area contributed by atoms with E-state index < -0.39 is 0 Å². The molecule has 0 bridgehead atoms. The molecule has 0 aliphatic heterocycles. The van der Waals surface area contributed by atoms with Crippen LogP contribution >= 0.6 is 15.9 Å². The van der Waals surface area contributed by atoms with E-state index in [0.29, 0.717) is 23.2 Å². The average Bonchev–Trinajstić information content (AvgIpc) is 2.87. The van der Waals surface area contributed by atoms with Crippen molar-refractivity contribution in [1.29, 1.82) is 0 Å². The van der Waals surface area contributed by atoms with Crippen molar-refractivity contribution in [3.05, 3.63) is 22.0 Å². The lowest BCUT2D eigenvalue weighted by Crippen LogP contribution is -1.98. The van der Waals surface area contributed by atoms with Crippen LogP contribution in [0.2, 0.25) is 0 Å². The number of rotatable bonds is 4. The molecule has 0 spiro atoms. The lowest BCUT2D eigenvalue weighted by Gasteiger charge is -2.14. The molecular weight excluding hydrogens is 314 g/mol. The largest absolute Gasteiger partial charge is 0.496 e. The zero-order valence-electron chi connectivity index (χ0n) is 10.9. The maximum absolute atomic E-state index is 5.46. The molecular formula is C12H14BrN3O3. The Hall–Kier alpha value is -1.60. The van der Waals surface area contributed by atoms with Crippen LogP contribution in [0.4, 0.5) is 0 Å². The minimum atomic E-state index is 0.200. The number of methoxy groups -OCH3 is 2. The van der Waals surface area contributed by atoms with Crippen molar-refractivity contribution >= 4 is 15.9 Å². The summed E-state index contributed by atoms with van der Waals surface area (Å²) in [6.07, 6.45) is 0.